The fourth-order valence-electron chi connectivity index (χ4n) is 2.95. The third kappa shape index (κ3) is 4.79. The number of Topliss-reactive ketones (excluding diaryl/α,β-unsaturated/α-hetero) is 1. The lowest BCUT2D eigenvalue weighted by Gasteiger charge is -2.30. The standard InChI is InChI=1S/C22H27NO2/c1-16(2)20(15-18-11-7-5-8-12-18)22(25)23(4)17(3)21(24)19-13-9-6-10-14-19/h5-14,16-17,20H,15H2,1-4H3/t17-,20-/m0/s1. The van der Waals surface area contributed by atoms with Crippen LogP contribution < -0.4 is 0 Å². The van der Waals surface area contributed by atoms with E-state index in [1.165, 1.54) is 0 Å². The molecule has 0 unspecified atom stereocenters. The smallest absolute Gasteiger partial charge is 0.226 e. The fraction of sp³-hybridized carbons (Fsp3) is 0.364. The van der Waals surface area contributed by atoms with E-state index in [4.69, 9.17) is 0 Å². The van der Waals surface area contributed by atoms with Gasteiger partial charge in [0.1, 0.15) is 0 Å². The minimum atomic E-state index is -0.480. The number of hydrogen-bond acceptors (Lipinski definition) is 2. The number of amides is 1. The van der Waals surface area contributed by atoms with Crippen molar-refractivity contribution in [2.24, 2.45) is 11.8 Å². The Morgan fingerprint density at radius 2 is 1.40 bits per heavy atom. The van der Waals surface area contributed by atoms with E-state index in [0.717, 1.165) is 5.56 Å². The first-order valence-electron chi connectivity index (χ1n) is 8.81. The molecule has 2 atom stereocenters. The largest absolute Gasteiger partial charge is 0.335 e. The van der Waals surface area contributed by atoms with Gasteiger partial charge in [-0.3, -0.25) is 9.59 Å². The SMILES string of the molecule is CC(C)[C@H](Cc1ccccc1)C(=O)N(C)[C@@H](C)C(=O)c1ccccc1. The molecule has 0 aliphatic rings. The molecule has 0 fully saturated rings. The van der Waals surface area contributed by atoms with Crippen LogP contribution in [0.25, 0.3) is 0 Å². The summed E-state index contributed by atoms with van der Waals surface area (Å²) in [7, 11) is 1.73. The van der Waals surface area contributed by atoms with Crippen LogP contribution in [0.3, 0.4) is 0 Å². The first kappa shape index (κ1) is 18.9. The van der Waals surface area contributed by atoms with Crippen LogP contribution in [-0.2, 0) is 11.2 Å². The maximum Gasteiger partial charge on any atom is 0.226 e. The molecule has 0 aromatic heterocycles. The highest BCUT2D eigenvalue weighted by Crippen LogP contribution is 2.21. The molecule has 25 heavy (non-hydrogen) atoms. The van der Waals surface area contributed by atoms with Crippen LogP contribution >= 0.6 is 0 Å². The van der Waals surface area contributed by atoms with Crippen LogP contribution in [0.5, 0.6) is 0 Å². The van der Waals surface area contributed by atoms with Gasteiger partial charge in [-0.15, -0.1) is 0 Å². The Labute approximate surface area is 150 Å². The number of carbonyl (C=O) groups is 2. The summed E-state index contributed by atoms with van der Waals surface area (Å²) in [5, 5.41) is 0. The van der Waals surface area contributed by atoms with Crippen LogP contribution in [0.1, 0.15) is 36.7 Å². The molecule has 1 amide bonds. The fourth-order valence-corrected chi connectivity index (χ4v) is 2.95. The zero-order valence-electron chi connectivity index (χ0n) is 15.5. The Bertz CT molecular complexity index is 694. The average molecular weight is 337 g/mol. The number of likely N-dealkylation sites (N-methyl/N-ethyl adjacent to an activating group) is 1. The molecule has 132 valence electrons. The molecule has 2 aromatic rings. The highest BCUT2D eigenvalue weighted by Gasteiger charge is 2.30. The molecule has 0 bridgehead atoms. The van der Waals surface area contributed by atoms with Crippen LogP contribution in [0, 0.1) is 11.8 Å². The molecule has 2 rings (SSSR count). The summed E-state index contributed by atoms with van der Waals surface area (Å²) in [6.07, 6.45) is 0.688. The number of carbonyl (C=O) groups excluding carboxylic acids is 2. The van der Waals surface area contributed by atoms with Gasteiger partial charge in [-0.2, -0.15) is 0 Å². The van der Waals surface area contributed by atoms with E-state index in [1.807, 2.05) is 48.5 Å². The molecule has 2 aromatic carbocycles. The summed E-state index contributed by atoms with van der Waals surface area (Å²) < 4.78 is 0. The second-order valence-corrected chi connectivity index (χ2v) is 6.90. The summed E-state index contributed by atoms with van der Waals surface area (Å²) in [5.74, 6) is 0.0573. The molecule has 0 radical (unpaired) electrons. The zero-order valence-corrected chi connectivity index (χ0v) is 15.5. The quantitative estimate of drug-likeness (QED) is 0.709. The van der Waals surface area contributed by atoms with Crippen LogP contribution in [0.4, 0.5) is 0 Å². The van der Waals surface area contributed by atoms with E-state index in [1.54, 1.807) is 31.0 Å². The Balaban J connectivity index is 2.13. The Hall–Kier alpha value is -2.42. The van der Waals surface area contributed by atoms with Gasteiger partial charge in [-0.1, -0.05) is 74.5 Å². The minimum Gasteiger partial charge on any atom is -0.335 e. The molecule has 3 heteroatoms. The van der Waals surface area contributed by atoms with Gasteiger partial charge in [0.15, 0.2) is 5.78 Å². The first-order valence-corrected chi connectivity index (χ1v) is 8.81. The maximum atomic E-state index is 13.0. The van der Waals surface area contributed by atoms with Crippen molar-refractivity contribution in [3.63, 3.8) is 0 Å². The second-order valence-electron chi connectivity index (χ2n) is 6.90. The molecular weight excluding hydrogens is 310 g/mol. The van der Waals surface area contributed by atoms with Crippen LogP contribution in [0.15, 0.2) is 60.7 Å². The molecular formula is C22H27NO2. The summed E-state index contributed by atoms with van der Waals surface area (Å²) in [6, 6.07) is 18.7. The Kier molecular flexibility index (Phi) is 6.51. The van der Waals surface area contributed by atoms with Crippen molar-refractivity contribution in [2.75, 3.05) is 7.05 Å². The van der Waals surface area contributed by atoms with Gasteiger partial charge in [0.2, 0.25) is 5.91 Å². The number of rotatable bonds is 7. The summed E-state index contributed by atoms with van der Waals surface area (Å²) in [5.41, 5.74) is 1.78. The van der Waals surface area contributed by atoms with Gasteiger partial charge in [0, 0.05) is 18.5 Å². The van der Waals surface area contributed by atoms with Gasteiger partial charge in [0.05, 0.1) is 6.04 Å². The predicted molar refractivity (Wildman–Crippen MR) is 101 cm³/mol. The van der Waals surface area contributed by atoms with Crippen molar-refractivity contribution in [3.05, 3.63) is 71.8 Å². The van der Waals surface area contributed by atoms with Gasteiger partial charge in [-0.25, -0.2) is 0 Å². The summed E-state index contributed by atoms with van der Waals surface area (Å²) in [4.78, 5) is 27.3. The van der Waals surface area contributed by atoms with Crippen molar-refractivity contribution in [2.45, 2.75) is 33.2 Å². The summed E-state index contributed by atoms with van der Waals surface area (Å²) in [6.45, 7) is 5.92. The maximum absolute atomic E-state index is 13.0. The van der Waals surface area contributed by atoms with Crippen LogP contribution in [0.2, 0.25) is 0 Å². The van der Waals surface area contributed by atoms with Gasteiger partial charge in [0.25, 0.3) is 0 Å². The van der Waals surface area contributed by atoms with Crippen LogP contribution in [-0.4, -0.2) is 29.7 Å². The van der Waals surface area contributed by atoms with E-state index in [0.29, 0.717) is 12.0 Å². The third-order valence-electron chi connectivity index (χ3n) is 4.79. The molecule has 0 spiro atoms. The van der Waals surface area contributed by atoms with Gasteiger partial charge < -0.3 is 4.90 Å². The van der Waals surface area contributed by atoms with E-state index < -0.39 is 6.04 Å². The molecule has 0 heterocycles. The number of ketones is 1. The van der Waals surface area contributed by atoms with E-state index >= 15 is 0 Å². The molecule has 0 aliphatic heterocycles. The van der Waals surface area contributed by atoms with Crippen molar-refractivity contribution in [1.29, 1.82) is 0 Å². The first-order chi connectivity index (χ1) is 11.9. The topological polar surface area (TPSA) is 37.4 Å². The average Bonchev–Trinajstić information content (AvgIpc) is 2.65. The molecule has 0 N–H and O–H groups in total. The highest BCUT2D eigenvalue weighted by atomic mass is 16.2. The monoisotopic (exact) mass is 337 g/mol. The molecule has 3 nitrogen and oxygen atoms in total. The number of hydrogen-bond donors (Lipinski definition) is 0. The lowest BCUT2D eigenvalue weighted by Crippen LogP contribution is -2.45. The molecule has 0 saturated heterocycles. The third-order valence-corrected chi connectivity index (χ3v) is 4.79. The van der Waals surface area contributed by atoms with E-state index in [-0.39, 0.29) is 23.5 Å². The normalized spacial score (nSPS) is 13.3. The Morgan fingerprint density at radius 3 is 1.92 bits per heavy atom. The minimum absolute atomic E-state index is 0.0237. The molecule has 0 saturated carbocycles. The van der Waals surface area contributed by atoms with E-state index in [9.17, 15) is 9.59 Å². The van der Waals surface area contributed by atoms with Gasteiger partial charge >= 0.3 is 0 Å². The van der Waals surface area contributed by atoms with Gasteiger partial charge in [-0.05, 0) is 24.8 Å². The van der Waals surface area contributed by atoms with Crippen molar-refractivity contribution < 1.29 is 9.59 Å². The van der Waals surface area contributed by atoms with Crippen molar-refractivity contribution in [3.8, 4) is 0 Å². The van der Waals surface area contributed by atoms with Crippen molar-refractivity contribution >= 4 is 11.7 Å². The predicted octanol–water partition coefficient (Wildman–Crippen LogP) is 4.23. The number of benzene rings is 2. The molecule has 0 aliphatic carbocycles. The van der Waals surface area contributed by atoms with Crippen molar-refractivity contribution in [1.82, 2.24) is 4.90 Å². The number of nitrogens with zero attached hydrogens (tertiary/aromatic N) is 1. The lowest BCUT2D eigenvalue weighted by molar-refractivity contribution is -0.136. The lowest BCUT2D eigenvalue weighted by atomic mass is 9.87. The Morgan fingerprint density at radius 1 is 0.880 bits per heavy atom. The highest BCUT2D eigenvalue weighted by molar-refractivity contribution is 6.01. The van der Waals surface area contributed by atoms with E-state index in [2.05, 4.69) is 13.8 Å². The zero-order chi connectivity index (χ0) is 18.4. The summed E-state index contributed by atoms with van der Waals surface area (Å²) >= 11 is 0. The second kappa shape index (κ2) is 8.61.